The number of halogens is 1. The van der Waals surface area contributed by atoms with Gasteiger partial charge in [-0.05, 0) is 31.7 Å². The van der Waals surface area contributed by atoms with Crippen LogP contribution in [-0.2, 0) is 0 Å². The summed E-state index contributed by atoms with van der Waals surface area (Å²) in [6.45, 7) is 2.13. The van der Waals surface area contributed by atoms with Crippen molar-refractivity contribution in [2.45, 2.75) is 25.8 Å². The summed E-state index contributed by atoms with van der Waals surface area (Å²) < 4.78 is 12.7. The molecule has 0 bridgehead atoms. The van der Waals surface area contributed by atoms with Crippen LogP contribution in [0.15, 0.2) is 18.3 Å². The van der Waals surface area contributed by atoms with Crippen molar-refractivity contribution < 1.29 is 4.39 Å². The number of pyridine rings is 1. The van der Waals surface area contributed by atoms with E-state index >= 15 is 0 Å². The van der Waals surface area contributed by atoms with E-state index in [2.05, 4.69) is 17.2 Å². The Morgan fingerprint density at radius 3 is 3.00 bits per heavy atom. The molecule has 70 valence electrons. The van der Waals surface area contributed by atoms with Gasteiger partial charge in [-0.15, -0.1) is 0 Å². The lowest BCUT2D eigenvalue weighted by Gasteiger charge is -2.13. The molecule has 0 aromatic carbocycles. The van der Waals surface area contributed by atoms with Gasteiger partial charge < -0.3 is 5.32 Å². The normalized spacial score (nSPS) is 18.3. The quantitative estimate of drug-likeness (QED) is 0.722. The number of rotatable bonds is 3. The second kappa shape index (κ2) is 3.32. The van der Waals surface area contributed by atoms with Crippen molar-refractivity contribution in [1.82, 2.24) is 4.98 Å². The molecule has 0 saturated heterocycles. The highest BCUT2D eigenvalue weighted by Gasteiger charge is 2.27. The molecule has 0 aliphatic heterocycles. The lowest BCUT2D eigenvalue weighted by atomic mass is 10.2. The molecule has 1 fully saturated rings. The minimum atomic E-state index is -0.423. The number of aromatic nitrogens is 1. The number of hydrogen-bond acceptors (Lipinski definition) is 2. The van der Waals surface area contributed by atoms with Gasteiger partial charge in [0.15, 0.2) is 0 Å². The molecule has 1 atom stereocenters. The third-order valence-electron chi connectivity index (χ3n) is 2.45. The first-order chi connectivity index (χ1) is 6.25. The summed E-state index contributed by atoms with van der Waals surface area (Å²) in [5.41, 5.74) is 0.826. The fourth-order valence-corrected chi connectivity index (χ4v) is 1.47. The van der Waals surface area contributed by atoms with Gasteiger partial charge in [-0.1, -0.05) is 0 Å². The molecule has 1 aromatic heterocycles. The zero-order valence-corrected chi connectivity index (χ0v) is 7.63. The summed E-state index contributed by atoms with van der Waals surface area (Å²) in [4.78, 5) is 3.50. The molecule has 1 aromatic rings. The van der Waals surface area contributed by atoms with Crippen LogP contribution in [-0.4, -0.2) is 11.0 Å². The predicted molar refractivity (Wildman–Crippen MR) is 50.0 cm³/mol. The van der Waals surface area contributed by atoms with Gasteiger partial charge in [0.05, 0.1) is 0 Å². The molecule has 1 aliphatic rings. The van der Waals surface area contributed by atoms with Gasteiger partial charge in [-0.25, -0.2) is 4.98 Å². The first-order valence-corrected chi connectivity index (χ1v) is 4.64. The number of nitrogens with one attached hydrogen (secondary N) is 1. The van der Waals surface area contributed by atoms with Gasteiger partial charge in [-0.2, -0.15) is 4.39 Å². The fourth-order valence-electron chi connectivity index (χ4n) is 1.47. The molecule has 2 rings (SSSR count). The molecule has 0 amide bonds. The van der Waals surface area contributed by atoms with Gasteiger partial charge in [0.2, 0.25) is 5.95 Å². The maximum absolute atomic E-state index is 12.7. The molecule has 1 saturated carbocycles. The lowest BCUT2D eigenvalue weighted by molar-refractivity contribution is 0.583. The molecule has 1 N–H and O–H groups in total. The van der Waals surface area contributed by atoms with E-state index in [4.69, 9.17) is 0 Å². The molecule has 0 radical (unpaired) electrons. The largest absolute Gasteiger partial charge is 0.382 e. The molecule has 13 heavy (non-hydrogen) atoms. The summed E-state index contributed by atoms with van der Waals surface area (Å²) in [6, 6.07) is 3.67. The first-order valence-electron chi connectivity index (χ1n) is 4.64. The third kappa shape index (κ3) is 2.17. The summed E-state index contributed by atoms with van der Waals surface area (Å²) in [6.07, 6.45) is 4.07. The Morgan fingerprint density at radius 2 is 2.38 bits per heavy atom. The van der Waals surface area contributed by atoms with E-state index in [1.807, 2.05) is 0 Å². The summed E-state index contributed by atoms with van der Waals surface area (Å²) in [7, 11) is 0. The van der Waals surface area contributed by atoms with E-state index in [-0.39, 0.29) is 0 Å². The van der Waals surface area contributed by atoms with Crippen LogP contribution in [0.4, 0.5) is 10.1 Å². The minimum absolute atomic E-state index is 0.423. The Balaban J connectivity index is 2.00. The Labute approximate surface area is 77.2 Å². The molecule has 1 unspecified atom stereocenters. The van der Waals surface area contributed by atoms with Gasteiger partial charge in [-0.3, -0.25) is 0 Å². The minimum Gasteiger partial charge on any atom is -0.382 e. The SMILES string of the molecule is CC(Nc1ccnc(F)c1)C1CC1. The molecular formula is C10H13FN2. The van der Waals surface area contributed by atoms with Crippen LogP contribution in [0.25, 0.3) is 0 Å². The highest BCUT2D eigenvalue weighted by molar-refractivity contribution is 5.42. The average Bonchev–Trinajstić information content (AvgIpc) is 2.85. The van der Waals surface area contributed by atoms with Crippen molar-refractivity contribution in [3.63, 3.8) is 0 Å². The fraction of sp³-hybridized carbons (Fsp3) is 0.500. The van der Waals surface area contributed by atoms with Crippen molar-refractivity contribution >= 4 is 5.69 Å². The standard InChI is InChI=1S/C10H13FN2/c1-7(8-2-3-8)13-9-4-5-12-10(11)6-9/h4-8H,2-3H2,1H3,(H,12,13). The topological polar surface area (TPSA) is 24.9 Å². The number of nitrogens with zero attached hydrogens (tertiary/aromatic N) is 1. The van der Waals surface area contributed by atoms with E-state index in [9.17, 15) is 4.39 Å². The second-order valence-electron chi connectivity index (χ2n) is 3.64. The predicted octanol–water partition coefficient (Wildman–Crippen LogP) is 2.43. The van der Waals surface area contributed by atoms with Crippen LogP contribution >= 0.6 is 0 Å². The van der Waals surface area contributed by atoms with Crippen molar-refractivity contribution in [3.05, 3.63) is 24.3 Å². The zero-order chi connectivity index (χ0) is 9.26. The maximum atomic E-state index is 12.7. The third-order valence-corrected chi connectivity index (χ3v) is 2.45. The second-order valence-corrected chi connectivity index (χ2v) is 3.64. The van der Waals surface area contributed by atoms with E-state index in [1.165, 1.54) is 25.1 Å². The van der Waals surface area contributed by atoms with Crippen LogP contribution < -0.4 is 5.32 Å². The van der Waals surface area contributed by atoms with Crippen LogP contribution in [0, 0.1) is 11.9 Å². The van der Waals surface area contributed by atoms with Crippen molar-refractivity contribution in [3.8, 4) is 0 Å². The Hall–Kier alpha value is -1.12. The van der Waals surface area contributed by atoms with Crippen LogP contribution in [0.5, 0.6) is 0 Å². The van der Waals surface area contributed by atoms with Gasteiger partial charge in [0.25, 0.3) is 0 Å². The van der Waals surface area contributed by atoms with Crippen LogP contribution in [0.1, 0.15) is 19.8 Å². The Bertz CT molecular complexity index is 297. The van der Waals surface area contributed by atoms with E-state index in [0.717, 1.165) is 11.6 Å². The number of anilines is 1. The monoisotopic (exact) mass is 180 g/mol. The van der Waals surface area contributed by atoms with E-state index in [0.29, 0.717) is 6.04 Å². The summed E-state index contributed by atoms with van der Waals surface area (Å²) >= 11 is 0. The highest BCUT2D eigenvalue weighted by Crippen LogP contribution is 2.33. The Morgan fingerprint density at radius 1 is 1.62 bits per heavy atom. The van der Waals surface area contributed by atoms with Crippen LogP contribution in [0.2, 0.25) is 0 Å². The van der Waals surface area contributed by atoms with Crippen molar-refractivity contribution in [2.75, 3.05) is 5.32 Å². The van der Waals surface area contributed by atoms with Gasteiger partial charge in [0, 0.05) is 24.0 Å². The first kappa shape index (κ1) is 8.48. The smallest absolute Gasteiger partial charge is 0.214 e. The summed E-state index contributed by atoms with van der Waals surface area (Å²) in [5, 5.41) is 3.26. The summed E-state index contributed by atoms with van der Waals surface area (Å²) in [5.74, 6) is 0.351. The molecule has 3 heteroatoms. The molecular weight excluding hydrogens is 167 g/mol. The lowest BCUT2D eigenvalue weighted by Crippen LogP contribution is -2.17. The molecule has 1 heterocycles. The maximum Gasteiger partial charge on any atom is 0.214 e. The number of hydrogen-bond donors (Lipinski definition) is 1. The molecule has 1 aliphatic carbocycles. The Kier molecular flexibility index (Phi) is 2.17. The van der Waals surface area contributed by atoms with E-state index in [1.54, 1.807) is 6.07 Å². The van der Waals surface area contributed by atoms with E-state index < -0.39 is 5.95 Å². The van der Waals surface area contributed by atoms with Gasteiger partial charge in [0.1, 0.15) is 0 Å². The van der Waals surface area contributed by atoms with Gasteiger partial charge >= 0.3 is 0 Å². The van der Waals surface area contributed by atoms with Crippen LogP contribution in [0.3, 0.4) is 0 Å². The molecule has 2 nitrogen and oxygen atoms in total. The van der Waals surface area contributed by atoms with Crippen molar-refractivity contribution in [2.24, 2.45) is 5.92 Å². The molecule has 0 spiro atoms. The highest BCUT2D eigenvalue weighted by atomic mass is 19.1. The van der Waals surface area contributed by atoms with Crippen molar-refractivity contribution in [1.29, 1.82) is 0 Å². The average molecular weight is 180 g/mol. The zero-order valence-electron chi connectivity index (χ0n) is 7.63.